The van der Waals surface area contributed by atoms with E-state index in [4.69, 9.17) is 14.6 Å². The minimum Gasteiger partial charge on any atom is -0.475 e. The highest BCUT2D eigenvalue weighted by atomic mass is 32.1. The Hall–Kier alpha value is -2.40. The van der Waals surface area contributed by atoms with Gasteiger partial charge in [0.25, 0.3) is 5.91 Å². The molecule has 1 aromatic heterocycles. The van der Waals surface area contributed by atoms with E-state index >= 15 is 0 Å². The predicted molar refractivity (Wildman–Crippen MR) is 112 cm³/mol. The molecule has 0 unspecified atom stereocenters. The molecule has 0 spiro atoms. The number of hydrogen-bond donors (Lipinski definition) is 1. The lowest BCUT2D eigenvalue weighted by Gasteiger charge is -2.31. The van der Waals surface area contributed by atoms with Crippen molar-refractivity contribution in [2.45, 2.75) is 25.9 Å². The van der Waals surface area contributed by atoms with Crippen molar-refractivity contribution in [2.24, 2.45) is 11.3 Å². The number of carbonyl (C=O) groups is 3. The largest absolute Gasteiger partial charge is 0.490 e. The summed E-state index contributed by atoms with van der Waals surface area (Å²) < 4.78 is 37.2. The van der Waals surface area contributed by atoms with Crippen LogP contribution in [0.3, 0.4) is 0 Å². The second-order valence-electron chi connectivity index (χ2n) is 7.73. The summed E-state index contributed by atoms with van der Waals surface area (Å²) in [6.45, 7) is 9.64. The summed E-state index contributed by atoms with van der Waals surface area (Å²) in [6, 6.07) is 1.87. The number of ether oxygens (including phenoxy) is 1. The van der Waals surface area contributed by atoms with Crippen LogP contribution in [-0.4, -0.2) is 78.3 Å². The molecule has 2 atom stereocenters. The van der Waals surface area contributed by atoms with Gasteiger partial charge in [0, 0.05) is 44.0 Å². The van der Waals surface area contributed by atoms with E-state index in [0.717, 1.165) is 31.5 Å². The molecule has 178 valence electrons. The summed E-state index contributed by atoms with van der Waals surface area (Å²) in [5.41, 5.74) is 0.248. The molecule has 0 aliphatic carbocycles. The molecule has 2 saturated heterocycles. The van der Waals surface area contributed by atoms with Gasteiger partial charge in [-0.15, -0.1) is 6.58 Å². The van der Waals surface area contributed by atoms with E-state index in [1.165, 1.54) is 11.3 Å². The summed E-state index contributed by atoms with van der Waals surface area (Å²) in [4.78, 5) is 38.7. The fourth-order valence-corrected chi connectivity index (χ4v) is 4.85. The molecule has 2 fully saturated rings. The first-order valence-corrected chi connectivity index (χ1v) is 11.1. The molecule has 2 aliphatic rings. The van der Waals surface area contributed by atoms with Crippen molar-refractivity contribution in [3.63, 3.8) is 0 Å². The third-order valence-corrected chi connectivity index (χ3v) is 6.31. The first kappa shape index (κ1) is 25.9. The van der Waals surface area contributed by atoms with E-state index in [2.05, 4.69) is 11.5 Å². The van der Waals surface area contributed by atoms with Gasteiger partial charge in [-0.25, -0.2) is 4.79 Å². The van der Waals surface area contributed by atoms with Crippen molar-refractivity contribution in [2.75, 3.05) is 39.3 Å². The first-order valence-electron chi connectivity index (χ1n) is 10.2. The lowest BCUT2D eigenvalue weighted by Crippen LogP contribution is -2.43. The van der Waals surface area contributed by atoms with Crippen molar-refractivity contribution in [3.8, 4) is 0 Å². The lowest BCUT2D eigenvalue weighted by molar-refractivity contribution is -0.192. The molecule has 1 N–H and O–H groups in total. The number of rotatable bonds is 5. The fourth-order valence-electron chi connectivity index (χ4n) is 4.22. The van der Waals surface area contributed by atoms with Crippen molar-refractivity contribution in [1.29, 1.82) is 0 Å². The molecule has 11 heteroatoms. The van der Waals surface area contributed by atoms with Gasteiger partial charge in [0.2, 0.25) is 0 Å². The number of likely N-dealkylation sites (tertiary alicyclic amines) is 2. The molecular formula is C21H27F3N2O5S. The van der Waals surface area contributed by atoms with Crippen LogP contribution in [0.2, 0.25) is 0 Å². The Morgan fingerprint density at radius 2 is 2.06 bits per heavy atom. The number of hydrogen-bond acceptors (Lipinski definition) is 6. The maximum Gasteiger partial charge on any atom is 0.490 e. The van der Waals surface area contributed by atoms with E-state index in [0.29, 0.717) is 26.2 Å². The molecule has 1 aromatic rings. The maximum atomic E-state index is 12.8. The first-order chi connectivity index (χ1) is 15.0. The molecule has 0 aromatic carbocycles. The number of nitrogens with zero attached hydrogens (tertiary/aromatic N) is 2. The molecule has 0 saturated carbocycles. The molecular weight excluding hydrogens is 449 g/mol. The Bertz CT molecular complexity index is 815. The van der Waals surface area contributed by atoms with E-state index < -0.39 is 17.6 Å². The van der Waals surface area contributed by atoms with Gasteiger partial charge in [-0.2, -0.15) is 24.5 Å². The number of alkyl halides is 3. The van der Waals surface area contributed by atoms with Crippen LogP contribution in [0.5, 0.6) is 0 Å². The molecule has 32 heavy (non-hydrogen) atoms. The van der Waals surface area contributed by atoms with Crippen LogP contribution in [0.25, 0.3) is 0 Å². The number of carboxylic acids is 1. The number of aliphatic carboxylic acids is 1. The number of amides is 1. The SMILES string of the molecule is C=CCN1C[C@@H]2CN(C(=O)c3ccsc3)CCC[C@]2(C(=O)OCC)C1.O=C(O)C(F)(F)F. The molecule has 2 aliphatic heterocycles. The highest BCUT2D eigenvalue weighted by Crippen LogP contribution is 2.44. The smallest absolute Gasteiger partial charge is 0.475 e. The van der Waals surface area contributed by atoms with E-state index in [1.807, 2.05) is 34.7 Å². The topological polar surface area (TPSA) is 87.2 Å². The zero-order valence-corrected chi connectivity index (χ0v) is 18.6. The van der Waals surface area contributed by atoms with Gasteiger partial charge in [0.15, 0.2) is 0 Å². The minimum absolute atomic E-state index is 0.0723. The summed E-state index contributed by atoms with van der Waals surface area (Å²) in [6.07, 6.45) is -1.61. The van der Waals surface area contributed by atoms with Crippen LogP contribution >= 0.6 is 11.3 Å². The minimum atomic E-state index is -5.08. The van der Waals surface area contributed by atoms with Crippen LogP contribution in [-0.2, 0) is 14.3 Å². The summed E-state index contributed by atoms with van der Waals surface area (Å²) >= 11 is 1.53. The second-order valence-corrected chi connectivity index (χ2v) is 8.51. The van der Waals surface area contributed by atoms with Crippen LogP contribution in [0.1, 0.15) is 30.1 Å². The van der Waals surface area contributed by atoms with Crippen molar-refractivity contribution < 1.29 is 37.4 Å². The molecule has 3 heterocycles. The summed E-state index contributed by atoms with van der Waals surface area (Å²) in [5, 5.41) is 10.9. The quantitative estimate of drug-likeness (QED) is 0.519. The monoisotopic (exact) mass is 476 g/mol. The van der Waals surface area contributed by atoms with Crippen molar-refractivity contribution >= 4 is 29.2 Å². The van der Waals surface area contributed by atoms with E-state index in [-0.39, 0.29) is 17.8 Å². The maximum absolute atomic E-state index is 12.8. The van der Waals surface area contributed by atoms with Gasteiger partial charge in [0.05, 0.1) is 17.6 Å². The standard InChI is InChI=1S/C19H26N2O3S.C2HF3O2/c1-3-8-20-11-16-12-21(17(22)15-6-10-25-13-15)9-5-7-19(16,14-20)18(23)24-4-2;3-2(4,5)1(6)7/h3,6,10,13,16H,1,4-5,7-9,11-12,14H2,2H3;(H,6,7)/t16-,19+;/m1./s1. The van der Waals surface area contributed by atoms with Crippen LogP contribution in [0.4, 0.5) is 13.2 Å². The molecule has 1 amide bonds. The Morgan fingerprint density at radius 3 is 2.59 bits per heavy atom. The Kier molecular flexibility index (Phi) is 8.85. The third kappa shape index (κ3) is 6.10. The van der Waals surface area contributed by atoms with Gasteiger partial charge in [-0.05, 0) is 31.2 Å². The Morgan fingerprint density at radius 1 is 1.38 bits per heavy atom. The number of halogens is 3. The lowest BCUT2D eigenvalue weighted by atomic mass is 9.75. The number of carboxylic acid groups (broad SMARTS) is 1. The second kappa shape index (κ2) is 11.0. The Labute approximate surface area is 188 Å². The zero-order chi connectivity index (χ0) is 23.9. The van der Waals surface area contributed by atoms with E-state index in [9.17, 15) is 22.8 Å². The predicted octanol–water partition coefficient (Wildman–Crippen LogP) is 3.28. The van der Waals surface area contributed by atoms with Gasteiger partial charge in [-0.3, -0.25) is 14.5 Å². The van der Waals surface area contributed by atoms with Gasteiger partial charge in [0.1, 0.15) is 0 Å². The number of fused-ring (bicyclic) bond motifs is 1. The Balaban J connectivity index is 0.000000451. The molecule has 0 bridgehead atoms. The van der Waals surface area contributed by atoms with Crippen molar-refractivity contribution in [1.82, 2.24) is 9.80 Å². The third-order valence-electron chi connectivity index (χ3n) is 5.62. The summed E-state index contributed by atoms with van der Waals surface area (Å²) in [5.74, 6) is -2.68. The summed E-state index contributed by atoms with van der Waals surface area (Å²) in [7, 11) is 0. The van der Waals surface area contributed by atoms with Gasteiger partial charge in [-0.1, -0.05) is 6.08 Å². The van der Waals surface area contributed by atoms with Crippen LogP contribution in [0.15, 0.2) is 29.5 Å². The number of carbonyl (C=O) groups excluding carboxylic acids is 2. The number of esters is 1. The highest BCUT2D eigenvalue weighted by molar-refractivity contribution is 7.08. The van der Waals surface area contributed by atoms with Crippen molar-refractivity contribution in [3.05, 3.63) is 35.0 Å². The average Bonchev–Trinajstić information content (AvgIpc) is 3.33. The van der Waals surface area contributed by atoms with Crippen LogP contribution < -0.4 is 0 Å². The molecule has 3 rings (SSSR count). The highest BCUT2D eigenvalue weighted by Gasteiger charge is 2.54. The van der Waals surface area contributed by atoms with Gasteiger partial charge >= 0.3 is 18.1 Å². The van der Waals surface area contributed by atoms with Crippen LogP contribution in [0, 0.1) is 11.3 Å². The van der Waals surface area contributed by atoms with E-state index in [1.54, 1.807) is 0 Å². The van der Waals surface area contributed by atoms with Gasteiger partial charge < -0.3 is 14.7 Å². The molecule has 0 radical (unpaired) electrons. The average molecular weight is 477 g/mol. The fraction of sp³-hybridized carbons (Fsp3) is 0.571. The number of thiophene rings is 1. The zero-order valence-electron chi connectivity index (χ0n) is 17.8. The normalized spacial score (nSPS) is 23.4. The molecule has 7 nitrogen and oxygen atoms in total.